The van der Waals surface area contributed by atoms with Crippen molar-refractivity contribution in [2.45, 2.75) is 124 Å². The maximum Gasteiger partial charge on any atom is 0.311 e. The second-order valence-electron chi connectivity index (χ2n) is 11.6. The van der Waals surface area contributed by atoms with E-state index in [0.29, 0.717) is 12.3 Å². The van der Waals surface area contributed by atoms with E-state index >= 15 is 0 Å². The van der Waals surface area contributed by atoms with Crippen LogP contribution in [0.3, 0.4) is 0 Å². The van der Waals surface area contributed by atoms with Crippen LogP contribution in [0.1, 0.15) is 124 Å². The largest absolute Gasteiger partial charge is 0.481 e. The normalized spacial score (nSPS) is 29.9. The average Bonchev–Trinajstić information content (AvgIpc) is 3.21. The number of hydrogen-bond acceptors (Lipinski definition) is 2. The summed E-state index contributed by atoms with van der Waals surface area (Å²) in [5.74, 6) is -0.905. The molecule has 2 saturated carbocycles. The smallest absolute Gasteiger partial charge is 0.311 e. The van der Waals surface area contributed by atoms with Crippen molar-refractivity contribution in [2.24, 2.45) is 34.5 Å². The predicted molar refractivity (Wildman–Crippen MR) is 126 cm³/mol. The summed E-state index contributed by atoms with van der Waals surface area (Å²) in [6.07, 6.45) is 15.3. The Hall–Kier alpha value is -1.06. The van der Waals surface area contributed by atoms with Crippen LogP contribution in [0.4, 0.5) is 0 Å². The summed E-state index contributed by atoms with van der Waals surface area (Å²) in [4.78, 5) is 25.1. The van der Waals surface area contributed by atoms with Gasteiger partial charge >= 0.3 is 11.9 Å². The maximum absolute atomic E-state index is 12.8. The molecule has 180 valence electrons. The molecule has 2 aliphatic rings. The minimum atomic E-state index is -1.06. The van der Waals surface area contributed by atoms with Gasteiger partial charge in [-0.1, -0.05) is 91.9 Å². The first-order valence-corrected chi connectivity index (χ1v) is 13.1. The molecule has 0 aromatic carbocycles. The monoisotopic (exact) mass is 436 g/mol. The quantitative estimate of drug-likeness (QED) is 0.245. The number of hydrogen-bond donors (Lipinski definition) is 2. The second-order valence-corrected chi connectivity index (χ2v) is 11.6. The lowest BCUT2D eigenvalue weighted by Crippen LogP contribution is -2.52. The van der Waals surface area contributed by atoms with Crippen LogP contribution in [0.25, 0.3) is 0 Å². The van der Waals surface area contributed by atoms with Crippen LogP contribution in [0.15, 0.2) is 0 Å². The van der Waals surface area contributed by atoms with Crippen LogP contribution < -0.4 is 0 Å². The van der Waals surface area contributed by atoms with Crippen LogP contribution in [-0.2, 0) is 9.59 Å². The van der Waals surface area contributed by atoms with Crippen molar-refractivity contribution in [3.8, 4) is 0 Å². The van der Waals surface area contributed by atoms with Crippen molar-refractivity contribution in [2.75, 3.05) is 0 Å². The molecule has 31 heavy (non-hydrogen) atoms. The van der Waals surface area contributed by atoms with Crippen molar-refractivity contribution in [1.29, 1.82) is 0 Å². The van der Waals surface area contributed by atoms with Crippen LogP contribution in [0, 0.1) is 34.5 Å². The zero-order chi connectivity index (χ0) is 23.1. The van der Waals surface area contributed by atoms with E-state index in [2.05, 4.69) is 27.7 Å². The minimum Gasteiger partial charge on any atom is -0.481 e. The second kappa shape index (κ2) is 11.7. The third-order valence-corrected chi connectivity index (χ3v) is 8.53. The van der Waals surface area contributed by atoms with E-state index in [1.807, 2.05) is 0 Å². The zero-order valence-electron chi connectivity index (χ0n) is 20.6. The predicted octanol–water partition coefficient (Wildman–Crippen LogP) is 7.55. The SMILES string of the molecule is CC(C)CCCCCCC12CCC(C1)C(C(=O)O)C2(CCCCCCC(C)C)C(=O)O. The van der Waals surface area contributed by atoms with Crippen molar-refractivity contribution in [3.63, 3.8) is 0 Å². The summed E-state index contributed by atoms with van der Waals surface area (Å²) < 4.78 is 0. The van der Waals surface area contributed by atoms with Gasteiger partial charge in [0.2, 0.25) is 0 Å². The molecular weight excluding hydrogens is 388 g/mol. The van der Waals surface area contributed by atoms with Crippen LogP contribution in [0.2, 0.25) is 0 Å². The van der Waals surface area contributed by atoms with E-state index < -0.39 is 23.3 Å². The minimum absolute atomic E-state index is 0.0514. The molecule has 4 nitrogen and oxygen atoms in total. The fourth-order valence-electron chi connectivity index (χ4n) is 7.02. The first kappa shape index (κ1) is 26.2. The summed E-state index contributed by atoms with van der Waals surface area (Å²) in [5.41, 5.74) is -1.36. The van der Waals surface area contributed by atoms with Crippen LogP contribution >= 0.6 is 0 Å². The average molecular weight is 437 g/mol. The van der Waals surface area contributed by atoms with E-state index in [4.69, 9.17) is 0 Å². The zero-order valence-corrected chi connectivity index (χ0v) is 20.6. The van der Waals surface area contributed by atoms with Gasteiger partial charge in [-0.2, -0.15) is 0 Å². The molecule has 2 N–H and O–H groups in total. The molecule has 0 aromatic rings. The Kier molecular flexibility index (Phi) is 9.89. The molecule has 0 aliphatic heterocycles. The van der Waals surface area contributed by atoms with Crippen molar-refractivity contribution >= 4 is 11.9 Å². The summed E-state index contributed by atoms with van der Waals surface area (Å²) >= 11 is 0. The summed E-state index contributed by atoms with van der Waals surface area (Å²) in [5, 5.41) is 20.6. The molecule has 2 fully saturated rings. The number of aliphatic carboxylic acids is 2. The number of fused-ring (bicyclic) bond motifs is 2. The van der Waals surface area contributed by atoms with Gasteiger partial charge in [-0.25, -0.2) is 0 Å². The molecule has 0 radical (unpaired) electrons. The van der Waals surface area contributed by atoms with E-state index in [9.17, 15) is 19.8 Å². The lowest BCUT2D eigenvalue weighted by atomic mass is 9.54. The van der Waals surface area contributed by atoms with Gasteiger partial charge in [0.05, 0.1) is 11.3 Å². The number of carboxylic acid groups (broad SMARTS) is 2. The molecular formula is C27H48O4. The van der Waals surface area contributed by atoms with E-state index in [1.54, 1.807) is 0 Å². The molecule has 4 atom stereocenters. The van der Waals surface area contributed by atoms with Gasteiger partial charge in [0.25, 0.3) is 0 Å². The molecule has 4 unspecified atom stereocenters. The van der Waals surface area contributed by atoms with Gasteiger partial charge in [-0.3, -0.25) is 9.59 Å². The number of rotatable bonds is 16. The third-order valence-electron chi connectivity index (χ3n) is 8.53. The fourth-order valence-corrected chi connectivity index (χ4v) is 7.02. The van der Waals surface area contributed by atoms with Gasteiger partial charge in [-0.05, 0) is 55.3 Å². The van der Waals surface area contributed by atoms with Gasteiger partial charge in [-0.15, -0.1) is 0 Å². The molecule has 0 spiro atoms. The van der Waals surface area contributed by atoms with Crippen molar-refractivity contribution < 1.29 is 19.8 Å². The fraction of sp³-hybridized carbons (Fsp3) is 0.926. The van der Waals surface area contributed by atoms with E-state index in [0.717, 1.165) is 63.7 Å². The Balaban J connectivity index is 2.05. The summed E-state index contributed by atoms with van der Waals surface area (Å²) in [6, 6.07) is 0. The molecule has 4 heteroatoms. The molecule has 0 saturated heterocycles. The third kappa shape index (κ3) is 6.05. The Bertz CT molecular complexity index is 584. The van der Waals surface area contributed by atoms with Crippen LogP contribution in [-0.4, -0.2) is 22.2 Å². The molecule has 2 aliphatic carbocycles. The molecule has 0 amide bonds. The van der Waals surface area contributed by atoms with E-state index in [1.165, 1.54) is 32.1 Å². The molecule has 0 heterocycles. The number of carbonyl (C=O) groups is 2. The first-order valence-electron chi connectivity index (χ1n) is 13.1. The van der Waals surface area contributed by atoms with E-state index in [-0.39, 0.29) is 11.3 Å². The standard InChI is InChI=1S/C27H48O4/c1-20(2)13-9-5-7-11-16-26-18-15-22(19-26)23(24(28)29)27(26,25(30)31)17-12-8-6-10-14-21(3)4/h20-23H,5-19H2,1-4H3,(H,28,29)(H,30,31). The molecule has 0 aromatic heterocycles. The Labute approximate surface area is 190 Å². The van der Waals surface area contributed by atoms with Gasteiger partial charge in [0.1, 0.15) is 0 Å². The lowest BCUT2D eigenvalue weighted by Gasteiger charge is -2.47. The Morgan fingerprint density at radius 3 is 1.81 bits per heavy atom. The Morgan fingerprint density at radius 2 is 1.32 bits per heavy atom. The lowest BCUT2D eigenvalue weighted by molar-refractivity contribution is -0.175. The molecule has 2 rings (SSSR count). The highest BCUT2D eigenvalue weighted by Gasteiger charge is 2.71. The highest BCUT2D eigenvalue weighted by atomic mass is 16.4. The number of carboxylic acids is 2. The highest BCUT2D eigenvalue weighted by Crippen LogP contribution is 2.71. The Morgan fingerprint density at radius 1 is 0.806 bits per heavy atom. The highest BCUT2D eigenvalue weighted by molar-refractivity contribution is 5.86. The van der Waals surface area contributed by atoms with Gasteiger partial charge in [0, 0.05) is 0 Å². The molecule has 2 bridgehead atoms. The van der Waals surface area contributed by atoms with Crippen molar-refractivity contribution in [3.05, 3.63) is 0 Å². The van der Waals surface area contributed by atoms with Crippen molar-refractivity contribution in [1.82, 2.24) is 0 Å². The number of unbranched alkanes of at least 4 members (excludes halogenated alkanes) is 6. The first-order chi connectivity index (χ1) is 14.7. The van der Waals surface area contributed by atoms with Crippen LogP contribution in [0.5, 0.6) is 0 Å². The topological polar surface area (TPSA) is 74.6 Å². The van der Waals surface area contributed by atoms with Gasteiger partial charge in [0.15, 0.2) is 0 Å². The summed E-state index contributed by atoms with van der Waals surface area (Å²) in [7, 11) is 0. The van der Waals surface area contributed by atoms with Gasteiger partial charge < -0.3 is 10.2 Å². The maximum atomic E-state index is 12.8. The summed E-state index contributed by atoms with van der Waals surface area (Å²) in [6.45, 7) is 8.98.